The van der Waals surface area contributed by atoms with Gasteiger partial charge in [-0.15, -0.1) is 0 Å². The van der Waals surface area contributed by atoms with Crippen molar-refractivity contribution in [2.75, 3.05) is 18.5 Å². The van der Waals surface area contributed by atoms with Crippen LogP contribution in [0.25, 0.3) is 0 Å². The number of carbonyl (C=O) groups excluding carboxylic acids is 4. The Morgan fingerprint density at radius 1 is 1.26 bits per heavy atom. The molecular formula is C19H25N3O5. The van der Waals surface area contributed by atoms with Crippen LogP contribution in [-0.2, 0) is 25.5 Å². The van der Waals surface area contributed by atoms with Crippen LogP contribution < -0.4 is 10.6 Å². The molecule has 0 unspecified atom stereocenters. The van der Waals surface area contributed by atoms with E-state index in [2.05, 4.69) is 10.6 Å². The molecule has 146 valence electrons. The van der Waals surface area contributed by atoms with E-state index >= 15 is 0 Å². The van der Waals surface area contributed by atoms with Gasteiger partial charge in [-0.2, -0.15) is 0 Å². The van der Waals surface area contributed by atoms with E-state index in [4.69, 9.17) is 4.74 Å². The van der Waals surface area contributed by atoms with Crippen molar-refractivity contribution in [1.29, 1.82) is 0 Å². The number of hydrogen-bond acceptors (Lipinski definition) is 5. The van der Waals surface area contributed by atoms with Gasteiger partial charge >= 0.3 is 12.0 Å². The van der Waals surface area contributed by atoms with Crippen molar-refractivity contribution in [2.24, 2.45) is 0 Å². The van der Waals surface area contributed by atoms with Crippen LogP contribution in [-0.4, -0.2) is 47.4 Å². The fourth-order valence-corrected chi connectivity index (χ4v) is 2.82. The molecule has 8 heteroatoms. The lowest BCUT2D eigenvalue weighted by Gasteiger charge is -2.15. The Morgan fingerprint density at radius 2 is 1.96 bits per heavy atom. The van der Waals surface area contributed by atoms with Crippen molar-refractivity contribution in [3.05, 3.63) is 29.3 Å². The topological polar surface area (TPSA) is 105 Å². The van der Waals surface area contributed by atoms with Crippen molar-refractivity contribution in [1.82, 2.24) is 10.2 Å². The van der Waals surface area contributed by atoms with E-state index in [1.807, 2.05) is 32.0 Å². The van der Waals surface area contributed by atoms with Gasteiger partial charge in [0.05, 0.1) is 6.42 Å². The molecule has 0 atom stereocenters. The Morgan fingerprint density at radius 3 is 2.56 bits per heavy atom. The van der Waals surface area contributed by atoms with Gasteiger partial charge in [-0.1, -0.05) is 25.1 Å². The summed E-state index contributed by atoms with van der Waals surface area (Å²) in [6.07, 6.45) is 0.590. The molecule has 1 aromatic rings. The number of nitrogens with one attached hydrogen (secondary N) is 2. The van der Waals surface area contributed by atoms with Crippen molar-refractivity contribution >= 4 is 29.5 Å². The molecule has 0 aliphatic carbocycles. The van der Waals surface area contributed by atoms with Gasteiger partial charge in [-0.3, -0.25) is 19.3 Å². The number of carbonyl (C=O) groups is 4. The minimum Gasteiger partial charge on any atom is -0.456 e. The van der Waals surface area contributed by atoms with Crippen LogP contribution in [0.5, 0.6) is 0 Å². The highest BCUT2D eigenvalue weighted by Gasteiger charge is 2.44. The Bertz CT molecular complexity index is 773. The second kappa shape index (κ2) is 8.20. The van der Waals surface area contributed by atoms with Crippen LogP contribution >= 0.6 is 0 Å². The summed E-state index contributed by atoms with van der Waals surface area (Å²) in [6, 6.07) is 5.19. The molecule has 0 saturated carbocycles. The molecular weight excluding hydrogens is 350 g/mol. The summed E-state index contributed by atoms with van der Waals surface area (Å²) in [5.74, 6) is -1.50. The standard InChI is InChI=1S/C19H25N3O5/c1-5-13-8-6-7-12(2)16(13)20-14(23)11-27-15(24)9-10-22-17(25)19(3,4)21-18(22)26/h6-8H,5,9-11H2,1-4H3,(H,20,23)(H,21,26). The highest BCUT2D eigenvalue weighted by Crippen LogP contribution is 2.21. The number of benzene rings is 1. The lowest BCUT2D eigenvalue weighted by Crippen LogP contribution is -2.40. The second-order valence-electron chi connectivity index (χ2n) is 6.93. The number of aryl methyl sites for hydroxylation is 2. The molecule has 1 aliphatic heterocycles. The quantitative estimate of drug-likeness (QED) is 0.558. The summed E-state index contributed by atoms with van der Waals surface area (Å²) in [4.78, 5) is 48.7. The number of imide groups is 1. The van der Waals surface area contributed by atoms with Crippen LogP contribution in [0.1, 0.15) is 38.3 Å². The minimum absolute atomic E-state index is 0.0909. The van der Waals surface area contributed by atoms with Crippen LogP contribution in [0.2, 0.25) is 0 Å². The third-order valence-electron chi connectivity index (χ3n) is 4.35. The number of anilines is 1. The van der Waals surface area contributed by atoms with E-state index in [0.717, 1.165) is 28.1 Å². The average molecular weight is 375 g/mol. The van der Waals surface area contributed by atoms with Gasteiger partial charge in [0.1, 0.15) is 5.54 Å². The van der Waals surface area contributed by atoms with E-state index < -0.39 is 36.0 Å². The Kier molecular flexibility index (Phi) is 6.20. The van der Waals surface area contributed by atoms with Crippen LogP contribution in [0.15, 0.2) is 18.2 Å². The fraction of sp³-hybridized carbons (Fsp3) is 0.474. The van der Waals surface area contributed by atoms with E-state index in [0.29, 0.717) is 0 Å². The van der Waals surface area contributed by atoms with Crippen molar-refractivity contribution in [2.45, 2.75) is 46.1 Å². The Balaban J connectivity index is 1.82. The number of para-hydroxylation sites is 1. The summed E-state index contributed by atoms with van der Waals surface area (Å²) < 4.78 is 4.95. The lowest BCUT2D eigenvalue weighted by molar-refractivity contribution is -0.147. The molecule has 0 spiro atoms. The number of urea groups is 1. The number of hydrogen-bond donors (Lipinski definition) is 2. The van der Waals surface area contributed by atoms with Crippen molar-refractivity contribution in [3.63, 3.8) is 0 Å². The maximum atomic E-state index is 12.1. The van der Waals surface area contributed by atoms with Gasteiger partial charge in [0.25, 0.3) is 11.8 Å². The molecule has 1 aliphatic rings. The maximum absolute atomic E-state index is 12.1. The second-order valence-corrected chi connectivity index (χ2v) is 6.93. The van der Waals surface area contributed by atoms with Crippen LogP contribution in [0.3, 0.4) is 0 Å². The van der Waals surface area contributed by atoms with Gasteiger partial charge < -0.3 is 15.4 Å². The highest BCUT2D eigenvalue weighted by atomic mass is 16.5. The zero-order chi connectivity index (χ0) is 20.2. The molecule has 27 heavy (non-hydrogen) atoms. The third kappa shape index (κ3) is 4.84. The first-order valence-corrected chi connectivity index (χ1v) is 8.83. The Labute approximate surface area is 158 Å². The fourth-order valence-electron chi connectivity index (χ4n) is 2.82. The average Bonchev–Trinajstić information content (AvgIpc) is 2.80. The molecule has 4 amide bonds. The maximum Gasteiger partial charge on any atom is 0.325 e. The Hall–Kier alpha value is -2.90. The van der Waals surface area contributed by atoms with E-state index in [-0.39, 0.29) is 13.0 Å². The number of rotatable bonds is 7. The van der Waals surface area contributed by atoms with Gasteiger partial charge in [-0.25, -0.2) is 4.79 Å². The molecule has 8 nitrogen and oxygen atoms in total. The molecule has 1 aromatic carbocycles. The largest absolute Gasteiger partial charge is 0.456 e. The van der Waals surface area contributed by atoms with Crippen LogP contribution in [0.4, 0.5) is 10.5 Å². The molecule has 0 radical (unpaired) electrons. The number of amides is 4. The molecule has 0 aromatic heterocycles. The minimum atomic E-state index is -0.981. The summed E-state index contributed by atoms with van der Waals surface area (Å²) >= 11 is 0. The number of esters is 1. The van der Waals surface area contributed by atoms with Gasteiger partial charge in [0.15, 0.2) is 6.61 Å². The van der Waals surface area contributed by atoms with Gasteiger partial charge in [-0.05, 0) is 38.3 Å². The summed E-state index contributed by atoms with van der Waals surface area (Å²) in [7, 11) is 0. The molecule has 1 saturated heterocycles. The monoisotopic (exact) mass is 375 g/mol. The molecule has 2 N–H and O–H groups in total. The zero-order valence-electron chi connectivity index (χ0n) is 16.0. The van der Waals surface area contributed by atoms with Crippen molar-refractivity contribution < 1.29 is 23.9 Å². The van der Waals surface area contributed by atoms with Crippen molar-refractivity contribution in [3.8, 4) is 0 Å². The van der Waals surface area contributed by atoms with E-state index in [9.17, 15) is 19.2 Å². The SMILES string of the molecule is CCc1cccc(C)c1NC(=O)COC(=O)CCN1C(=O)NC(C)(C)C1=O. The predicted octanol–water partition coefficient (Wildman–Crippen LogP) is 1.76. The van der Waals surface area contributed by atoms with E-state index in [1.165, 1.54) is 0 Å². The molecule has 1 heterocycles. The smallest absolute Gasteiger partial charge is 0.325 e. The molecule has 0 bridgehead atoms. The molecule has 2 rings (SSSR count). The normalized spacial score (nSPS) is 15.5. The van der Waals surface area contributed by atoms with Gasteiger partial charge in [0.2, 0.25) is 0 Å². The van der Waals surface area contributed by atoms with Gasteiger partial charge in [0, 0.05) is 12.2 Å². The summed E-state index contributed by atoms with van der Waals surface area (Å²) in [5, 5.41) is 5.29. The summed E-state index contributed by atoms with van der Waals surface area (Å²) in [5.41, 5.74) is 1.67. The predicted molar refractivity (Wildman–Crippen MR) is 99.1 cm³/mol. The van der Waals surface area contributed by atoms with Crippen LogP contribution in [0, 0.1) is 6.92 Å². The number of ether oxygens (including phenoxy) is 1. The lowest BCUT2D eigenvalue weighted by atomic mass is 10.1. The highest BCUT2D eigenvalue weighted by molar-refractivity contribution is 6.06. The third-order valence-corrected chi connectivity index (χ3v) is 4.35. The molecule has 1 fully saturated rings. The zero-order valence-corrected chi connectivity index (χ0v) is 16.0. The number of nitrogens with zero attached hydrogens (tertiary/aromatic N) is 1. The van der Waals surface area contributed by atoms with E-state index in [1.54, 1.807) is 13.8 Å². The summed E-state index contributed by atoms with van der Waals surface area (Å²) in [6.45, 7) is 6.54. The first-order valence-electron chi connectivity index (χ1n) is 8.83. The first-order chi connectivity index (χ1) is 12.7. The first kappa shape index (κ1) is 20.4.